The van der Waals surface area contributed by atoms with E-state index in [1.807, 2.05) is 44.2 Å². The van der Waals surface area contributed by atoms with Crippen molar-refractivity contribution in [1.82, 2.24) is 10.2 Å². The van der Waals surface area contributed by atoms with Crippen molar-refractivity contribution in [3.63, 3.8) is 0 Å². The van der Waals surface area contributed by atoms with E-state index >= 15 is 0 Å². The Morgan fingerprint density at radius 1 is 0.867 bits per heavy atom. The summed E-state index contributed by atoms with van der Waals surface area (Å²) >= 11 is 12.9. The molecule has 2 amide bonds. The average Bonchev–Trinajstić information content (AvgIpc) is 3.03. The maximum atomic E-state index is 14.5. The van der Waals surface area contributed by atoms with E-state index in [1.54, 1.807) is 55.5 Å². The molecule has 0 aromatic heterocycles. The number of carbonyl (C=O) groups excluding carboxylic acids is 2. The lowest BCUT2D eigenvalue weighted by Gasteiger charge is -2.34. The zero-order valence-electron chi connectivity index (χ0n) is 25.5. The minimum atomic E-state index is -4.24. The van der Waals surface area contributed by atoms with Crippen molar-refractivity contribution < 1.29 is 18.0 Å². The van der Waals surface area contributed by atoms with Crippen molar-refractivity contribution in [3.8, 4) is 0 Å². The first-order valence-corrected chi connectivity index (χ1v) is 16.9. The minimum absolute atomic E-state index is 0.0114. The van der Waals surface area contributed by atoms with Gasteiger partial charge in [-0.3, -0.25) is 13.9 Å². The highest BCUT2D eigenvalue weighted by Crippen LogP contribution is 2.30. The van der Waals surface area contributed by atoms with Gasteiger partial charge in [0.15, 0.2) is 0 Å². The van der Waals surface area contributed by atoms with E-state index < -0.39 is 28.5 Å². The van der Waals surface area contributed by atoms with Crippen LogP contribution in [0.15, 0.2) is 102 Å². The molecule has 7 nitrogen and oxygen atoms in total. The molecule has 1 N–H and O–H groups in total. The van der Waals surface area contributed by atoms with Gasteiger partial charge in [0.25, 0.3) is 10.0 Å². The highest BCUT2D eigenvalue weighted by atomic mass is 35.5. The Morgan fingerprint density at radius 3 is 2.20 bits per heavy atom. The number of sulfonamides is 1. The minimum Gasteiger partial charge on any atom is -0.354 e. The molecule has 10 heteroatoms. The SMILES string of the molecule is CCCNC(=O)C(Cc1ccccc1)N(Cc1ccccc1Cl)C(=O)CN(c1cc(Cl)ccc1C)S(=O)(=O)c1ccc(C)cc1. The number of halogens is 2. The summed E-state index contributed by atoms with van der Waals surface area (Å²) in [6.45, 7) is 5.40. The van der Waals surface area contributed by atoms with Crippen LogP contribution < -0.4 is 9.62 Å². The van der Waals surface area contributed by atoms with E-state index in [2.05, 4.69) is 5.32 Å². The Morgan fingerprint density at radius 2 is 1.53 bits per heavy atom. The molecule has 0 aliphatic rings. The van der Waals surface area contributed by atoms with Crippen LogP contribution in [0.1, 0.15) is 35.6 Å². The number of aryl methyl sites for hydroxylation is 2. The quantitative estimate of drug-likeness (QED) is 0.167. The summed E-state index contributed by atoms with van der Waals surface area (Å²) in [5.74, 6) is -0.912. The summed E-state index contributed by atoms with van der Waals surface area (Å²) in [5.41, 5.74) is 3.25. The van der Waals surface area contributed by atoms with E-state index in [4.69, 9.17) is 23.2 Å². The topological polar surface area (TPSA) is 86.8 Å². The molecule has 1 atom stereocenters. The second-order valence-electron chi connectivity index (χ2n) is 10.9. The molecule has 0 aliphatic carbocycles. The molecule has 0 bridgehead atoms. The lowest BCUT2D eigenvalue weighted by molar-refractivity contribution is -0.140. The van der Waals surface area contributed by atoms with Crippen LogP contribution in [0.3, 0.4) is 0 Å². The molecule has 0 aliphatic heterocycles. The summed E-state index contributed by atoms with van der Waals surface area (Å²) in [7, 11) is -4.24. The summed E-state index contributed by atoms with van der Waals surface area (Å²) < 4.78 is 29.5. The highest BCUT2D eigenvalue weighted by Gasteiger charge is 2.35. The molecule has 236 valence electrons. The number of carbonyl (C=O) groups is 2. The Bertz CT molecular complexity index is 1730. The van der Waals surface area contributed by atoms with Crippen molar-refractivity contribution in [2.24, 2.45) is 0 Å². The Labute approximate surface area is 275 Å². The van der Waals surface area contributed by atoms with Crippen molar-refractivity contribution >= 4 is 50.7 Å². The van der Waals surface area contributed by atoms with Gasteiger partial charge in [0.2, 0.25) is 11.8 Å². The average molecular weight is 667 g/mol. The predicted octanol–water partition coefficient (Wildman–Crippen LogP) is 6.97. The van der Waals surface area contributed by atoms with E-state index in [0.717, 1.165) is 15.4 Å². The molecule has 4 aromatic carbocycles. The summed E-state index contributed by atoms with van der Waals surface area (Å²) in [5, 5.41) is 3.68. The summed E-state index contributed by atoms with van der Waals surface area (Å²) in [6.07, 6.45) is 0.923. The van der Waals surface area contributed by atoms with Gasteiger partial charge in [0.1, 0.15) is 12.6 Å². The van der Waals surface area contributed by atoms with Gasteiger partial charge in [-0.1, -0.05) is 102 Å². The van der Waals surface area contributed by atoms with Gasteiger partial charge in [0, 0.05) is 29.6 Å². The van der Waals surface area contributed by atoms with Crippen molar-refractivity contribution in [3.05, 3.63) is 129 Å². The zero-order valence-corrected chi connectivity index (χ0v) is 27.9. The predicted molar refractivity (Wildman–Crippen MR) is 181 cm³/mol. The number of rotatable bonds is 13. The van der Waals surface area contributed by atoms with E-state index in [0.29, 0.717) is 34.1 Å². The van der Waals surface area contributed by atoms with Gasteiger partial charge >= 0.3 is 0 Å². The van der Waals surface area contributed by atoms with Crippen LogP contribution in [0.5, 0.6) is 0 Å². The molecule has 0 spiro atoms. The lowest BCUT2D eigenvalue weighted by atomic mass is 10.0. The fourth-order valence-corrected chi connectivity index (χ4v) is 6.76. The van der Waals surface area contributed by atoms with Crippen LogP contribution in [-0.2, 0) is 32.6 Å². The van der Waals surface area contributed by atoms with Crippen molar-refractivity contribution in [2.75, 3.05) is 17.4 Å². The standard InChI is InChI=1S/C35H37Cl2N3O4S/c1-4-20-38-35(42)33(21-27-10-6-5-7-11-27)39(23-28-12-8-9-13-31(28)37)34(41)24-40(32-22-29(36)17-16-26(32)3)45(43,44)30-18-14-25(2)15-19-30/h5-19,22,33H,4,20-21,23-24H2,1-3H3,(H,38,42). The maximum absolute atomic E-state index is 14.5. The third-order valence-electron chi connectivity index (χ3n) is 7.45. The van der Waals surface area contributed by atoms with Gasteiger partial charge < -0.3 is 10.2 Å². The Kier molecular flexibility index (Phi) is 11.7. The van der Waals surface area contributed by atoms with Gasteiger partial charge in [-0.25, -0.2) is 8.42 Å². The van der Waals surface area contributed by atoms with Gasteiger partial charge in [-0.15, -0.1) is 0 Å². The first-order chi connectivity index (χ1) is 21.5. The zero-order chi connectivity index (χ0) is 32.6. The molecule has 1 unspecified atom stereocenters. The molecule has 4 rings (SSSR count). The summed E-state index contributed by atoms with van der Waals surface area (Å²) in [6, 6.07) is 26.9. The largest absolute Gasteiger partial charge is 0.354 e. The van der Waals surface area contributed by atoms with Gasteiger partial charge in [0.05, 0.1) is 10.6 Å². The number of hydrogen-bond acceptors (Lipinski definition) is 4. The van der Waals surface area contributed by atoms with Crippen LogP contribution in [0.4, 0.5) is 5.69 Å². The van der Waals surface area contributed by atoms with Crippen LogP contribution >= 0.6 is 23.2 Å². The van der Waals surface area contributed by atoms with E-state index in [-0.39, 0.29) is 29.5 Å². The normalized spacial score (nSPS) is 11.9. The molecule has 0 saturated carbocycles. The Balaban J connectivity index is 1.83. The third kappa shape index (κ3) is 8.66. The number of hydrogen-bond donors (Lipinski definition) is 1. The number of benzene rings is 4. The lowest BCUT2D eigenvalue weighted by Crippen LogP contribution is -2.53. The molecule has 0 fully saturated rings. The number of nitrogens with zero attached hydrogens (tertiary/aromatic N) is 2. The van der Waals surface area contributed by atoms with Crippen LogP contribution in [0, 0.1) is 13.8 Å². The number of amides is 2. The van der Waals surface area contributed by atoms with E-state index in [9.17, 15) is 18.0 Å². The number of anilines is 1. The molecule has 0 saturated heterocycles. The number of nitrogens with one attached hydrogen (secondary N) is 1. The second-order valence-corrected chi connectivity index (χ2v) is 13.6. The maximum Gasteiger partial charge on any atom is 0.264 e. The first-order valence-electron chi connectivity index (χ1n) is 14.7. The van der Waals surface area contributed by atoms with Crippen LogP contribution in [0.2, 0.25) is 10.0 Å². The smallest absolute Gasteiger partial charge is 0.264 e. The molecule has 4 aromatic rings. The molecule has 45 heavy (non-hydrogen) atoms. The van der Waals surface area contributed by atoms with Crippen molar-refractivity contribution in [2.45, 2.75) is 51.1 Å². The van der Waals surface area contributed by atoms with Crippen molar-refractivity contribution in [1.29, 1.82) is 0 Å². The van der Waals surface area contributed by atoms with Gasteiger partial charge in [-0.05, 0) is 67.3 Å². The molecular formula is C35H37Cl2N3O4S. The van der Waals surface area contributed by atoms with Crippen LogP contribution in [0.25, 0.3) is 0 Å². The molecular weight excluding hydrogens is 629 g/mol. The first kappa shape index (κ1) is 34.0. The fourth-order valence-electron chi connectivity index (χ4n) is 4.93. The van der Waals surface area contributed by atoms with Gasteiger partial charge in [-0.2, -0.15) is 0 Å². The molecule has 0 radical (unpaired) electrons. The Hall–Kier alpha value is -3.85. The fraction of sp³-hybridized carbons (Fsp3) is 0.257. The second kappa shape index (κ2) is 15.4. The summed E-state index contributed by atoms with van der Waals surface area (Å²) in [4.78, 5) is 29.7. The van der Waals surface area contributed by atoms with E-state index in [1.165, 1.54) is 23.1 Å². The monoisotopic (exact) mass is 665 g/mol. The highest BCUT2D eigenvalue weighted by molar-refractivity contribution is 7.92. The molecule has 0 heterocycles. The third-order valence-corrected chi connectivity index (χ3v) is 9.82. The van der Waals surface area contributed by atoms with Crippen LogP contribution in [-0.4, -0.2) is 44.3 Å².